The highest BCUT2D eigenvalue weighted by Crippen LogP contribution is 1.85. The van der Waals surface area contributed by atoms with Crippen LogP contribution in [0.3, 0.4) is 0 Å². The lowest BCUT2D eigenvalue weighted by molar-refractivity contribution is -0.117. The number of rotatable bonds is 5. The van der Waals surface area contributed by atoms with Gasteiger partial charge in [-0.05, 0) is 7.05 Å². The first-order chi connectivity index (χ1) is 5.22. The highest BCUT2D eigenvalue weighted by atomic mass is 16.1. The molecule has 0 bridgehead atoms. The summed E-state index contributed by atoms with van der Waals surface area (Å²) in [7, 11) is 1.77. The van der Waals surface area contributed by atoms with E-state index in [1.165, 1.54) is 0 Å². The molecule has 0 aromatic carbocycles. The number of amides is 1. The van der Waals surface area contributed by atoms with Crippen molar-refractivity contribution in [1.29, 1.82) is 0 Å². The van der Waals surface area contributed by atoms with Gasteiger partial charge in [0.2, 0.25) is 5.91 Å². The Kier molecular flexibility index (Phi) is 5.11. The van der Waals surface area contributed by atoms with Crippen LogP contribution in [0.25, 0.3) is 0 Å². The third-order valence-electron chi connectivity index (χ3n) is 1.12. The molecule has 0 aliphatic heterocycles. The third kappa shape index (κ3) is 4.33. The molecule has 11 heavy (non-hydrogen) atoms. The third-order valence-corrected chi connectivity index (χ3v) is 1.12. The minimum atomic E-state index is -0.126. The summed E-state index contributed by atoms with van der Waals surface area (Å²) in [6.45, 7) is 8.07. The van der Waals surface area contributed by atoms with Crippen LogP contribution in [0.4, 0.5) is 0 Å². The van der Waals surface area contributed by atoms with E-state index in [1.54, 1.807) is 13.1 Å². The van der Waals surface area contributed by atoms with Gasteiger partial charge in [0.05, 0.1) is 0 Å². The molecular formula is C8H14N2O. The zero-order valence-corrected chi connectivity index (χ0v) is 6.81. The van der Waals surface area contributed by atoms with Crippen molar-refractivity contribution in [3.8, 4) is 0 Å². The molecule has 0 aliphatic rings. The number of likely N-dealkylation sites (N-methyl/N-ethyl adjacent to an activating group) is 1. The predicted octanol–water partition coefficient (Wildman–Crippen LogP) is 0.0642. The second kappa shape index (κ2) is 5.68. The highest BCUT2D eigenvalue weighted by Gasteiger charge is 2.02. The van der Waals surface area contributed by atoms with Crippen molar-refractivity contribution >= 4 is 5.91 Å². The summed E-state index contributed by atoms with van der Waals surface area (Å²) in [4.78, 5) is 11.0. The first kappa shape index (κ1) is 9.91. The van der Waals surface area contributed by atoms with Crippen LogP contribution in [-0.2, 0) is 4.79 Å². The summed E-state index contributed by atoms with van der Waals surface area (Å²) in [6.07, 6.45) is 1.63. The van der Waals surface area contributed by atoms with Crippen LogP contribution in [-0.4, -0.2) is 26.0 Å². The van der Waals surface area contributed by atoms with E-state index >= 15 is 0 Å². The van der Waals surface area contributed by atoms with Crippen LogP contribution in [0.5, 0.6) is 0 Å². The minimum Gasteiger partial charge on any atom is -0.349 e. The number of carbonyl (C=O) groups is 1. The van der Waals surface area contributed by atoms with Gasteiger partial charge in [0.15, 0.2) is 0 Å². The Hall–Kier alpha value is -1.09. The Morgan fingerprint density at radius 2 is 2.27 bits per heavy atom. The van der Waals surface area contributed by atoms with E-state index in [0.29, 0.717) is 18.7 Å². The van der Waals surface area contributed by atoms with Crippen molar-refractivity contribution in [2.24, 2.45) is 0 Å². The van der Waals surface area contributed by atoms with E-state index in [4.69, 9.17) is 0 Å². The van der Waals surface area contributed by atoms with E-state index in [-0.39, 0.29) is 5.91 Å². The Morgan fingerprint density at radius 1 is 1.64 bits per heavy atom. The van der Waals surface area contributed by atoms with Crippen LogP contribution in [0.1, 0.15) is 0 Å². The van der Waals surface area contributed by atoms with Gasteiger partial charge in [-0.3, -0.25) is 4.79 Å². The van der Waals surface area contributed by atoms with Gasteiger partial charge in [-0.25, -0.2) is 0 Å². The molecule has 0 aromatic heterocycles. The van der Waals surface area contributed by atoms with Crippen molar-refractivity contribution in [2.45, 2.75) is 0 Å². The molecule has 62 valence electrons. The number of carbonyl (C=O) groups excluding carboxylic acids is 1. The average molecular weight is 154 g/mol. The van der Waals surface area contributed by atoms with Crippen LogP contribution in [0.15, 0.2) is 24.8 Å². The van der Waals surface area contributed by atoms with E-state index in [1.807, 2.05) is 0 Å². The highest BCUT2D eigenvalue weighted by molar-refractivity contribution is 5.93. The van der Waals surface area contributed by atoms with Crippen molar-refractivity contribution < 1.29 is 4.79 Å². The summed E-state index contributed by atoms with van der Waals surface area (Å²) >= 11 is 0. The summed E-state index contributed by atoms with van der Waals surface area (Å²) in [5.74, 6) is -0.126. The van der Waals surface area contributed by atoms with Gasteiger partial charge >= 0.3 is 0 Å². The van der Waals surface area contributed by atoms with Gasteiger partial charge < -0.3 is 10.6 Å². The lowest BCUT2D eigenvalue weighted by Gasteiger charge is -2.03. The Bertz CT molecular complexity index is 163. The molecule has 3 nitrogen and oxygen atoms in total. The molecule has 0 aliphatic carbocycles. The molecule has 0 aromatic rings. The van der Waals surface area contributed by atoms with Crippen molar-refractivity contribution in [2.75, 3.05) is 20.1 Å². The summed E-state index contributed by atoms with van der Waals surface area (Å²) in [5.41, 5.74) is 0.536. The zero-order valence-electron chi connectivity index (χ0n) is 6.81. The van der Waals surface area contributed by atoms with E-state index < -0.39 is 0 Å². The Balaban J connectivity index is 3.64. The lowest BCUT2D eigenvalue weighted by Crippen LogP contribution is -2.28. The van der Waals surface area contributed by atoms with Crippen molar-refractivity contribution in [1.82, 2.24) is 10.6 Å². The largest absolute Gasteiger partial charge is 0.349 e. The van der Waals surface area contributed by atoms with Crippen LogP contribution in [0, 0.1) is 0 Å². The quantitative estimate of drug-likeness (QED) is 0.434. The molecule has 0 saturated carbocycles. The maximum atomic E-state index is 11.0. The number of hydrogen-bond acceptors (Lipinski definition) is 2. The molecule has 0 atom stereocenters. The normalized spacial score (nSPS) is 8.82. The molecule has 0 radical (unpaired) electrons. The van der Waals surface area contributed by atoms with Crippen molar-refractivity contribution in [3.63, 3.8) is 0 Å². The fourth-order valence-electron chi connectivity index (χ4n) is 0.584. The molecule has 0 heterocycles. The maximum absolute atomic E-state index is 11.0. The van der Waals surface area contributed by atoms with Crippen LogP contribution >= 0.6 is 0 Å². The molecule has 0 fully saturated rings. The van der Waals surface area contributed by atoms with Gasteiger partial charge in [0.25, 0.3) is 0 Å². The molecule has 0 unspecified atom stereocenters. The monoisotopic (exact) mass is 154 g/mol. The van der Waals surface area contributed by atoms with Gasteiger partial charge in [-0.2, -0.15) is 0 Å². The smallest absolute Gasteiger partial charge is 0.248 e. The maximum Gasteiger partial charge on any atom is 0.248 e. The fourth-order valence-corrected chi connectivity index (χ4v) is 0.584. The van der Waals surface area contributed by atoms with E-state index in [0.717, 1.165) is 0 Å². The van der Waals surface area contributed by atoms with Gasteiger partial charge in [0, 0.05) is 18.7 Å². The number of nitrogens with one attached hydrogen (secondary N) is 2. The summed E-state index contributed by atoms with van der Waals surface area (Å²) in [6, 6.07) is 0. The minimum absolute atomic E-state index is 0.126. The molecule has 0 spiro atoms. The van der Waals surface area contributed by atoms with E-state index in [9.17, 15) is 4.79 Å². The second-order valence-corrected chi connectivity index (χ2v) is 2.13. The Labute approximate surface area is 67.2 Å². The predicted molar refractivity (Wildman–Crippen MR) is 46.3 cm³/mol. The average Bonchev–Trinajstić information content (AvgIpc) is 2.00. The van der Waals surface area contributed by atoms with Gasteiger partial charge in [-0.1, -0.05) is 12.7 Å². The molecule has 3 heteroatoms. The van der Waals surface area contributed by atoms with Crippen molar-refractivity contribution in [3.05, 3.63) is 24.8 Å². The molecule has 2 N–H and O–H groups in total. The Morgan fingerprint density at radius 3 is 2.73 bits per heavy atom. The molecule has 0 rings (SSSR count). The van der Waals surface area contributed by atoms with Crippen LogP contribution in [0.2, 0.25) is 0 Å². The first-order valence-electron chi connectivity index (χ1n) is 3.43. The van der Waals surface area contributed by atoms with Crippen LogP contribution < -0.4 is 10.6 Å². The molecule has 1 amide bonds. The summed E-state index contributed by atoms with van der Waals surface area (Å²) in [5, 5.41) is 5.46. The molecular weight excluding hydrogens is 140 g/mol. The summed E-state index contributed by atoms with van der Waals surface area (Å²) < 4.78 is 0. The zero-order chi connectivity index (χ0) is 8.69. The van der Waals surface area contributed by atoms with E-state index in [2.05, 4.69) is 23.8 Å². The fraction of sp³-hybridized carbons (Fsp3) is 0.375. The van der Waals surface area contributed by atoms with Gasteiger partial charge in [0.1, 0.15) is 0 Å². The number of hydrogen-bond donors (Lipinski definition) is 2. The standard InChI is InChI=1S/C8H14N2O/c1-4-5-10-8(11)7(2)6-9-3/h4,9H,1-2,5-6H2,3H3,(H,10,11). The first-order valence-corrected chi connectivity index (χ1v) is 3.43. The van der Waals surface area contributed by atoms with Gasteiger partial charge in [-0.15, -0.1) is 6.58 Å². The lowest BCUT2D eigenvalue weighted by atomic mass is 10.3. The topological polar surface area (TPSA) is 41.1 Å². The second-order valence-electron chi connectivity index (χ2n) is 2.13. The molecule has 0 saturated heterocycles. The SMILES string of the molecule is C=CCNC(=O)C(=C)CNC.